The second-order valence-corrected chi connectivity index (χ2v) is 9.61. The number of amides is 3. The van der Waals surface area contributed by atoms with Gasteiger partial charge in [-0.3, -0.25) is 0 Å². The van der Waals surface area contributed by atoms with Gasteiger partial charge in [-0.15, -0.1) is 0 Å². The van der Waals surface area contributed by atoms with Crippen LogP contribution in [0.4, 0.5) is 21.1 Å². The Balaban J connectivity index is 1.35. The molecule has 11 nitrogen and oxygen atoms in total. The molecule has 5 heterocycles. The number of carbonyl (C=O) groups excluding carboxylic acids is 2. The highest BCUT2D eigenvalue weighted by molar-refractivity contribution is 8.00. The van der Waals surface area contributed by atoms with Crippen LogP contribution in [0, 0.1) is 0 Å². The summed E-state index contributed by atoms with van der Waals surface area (Å²) in [6, 6.07) is -0.728. The maximum Gasteiger partial charge on any atom is 0.412 e. The van der Waals surface area contributed by atoms with E-state index in [2.05, 4.69) is 9.88 Å². The van der Waals surface area contributed by atoms with Crippen molar-refractivity contribution in [3.8, 4) is 5.75 Å². The Labute approximate surface area is 196 Å². The first-order valence-corrected chi connectivity index (χ1v) is 12.1. The van der Waals surface area contributed by atoms with Crippen molar-refractivity contribution < 1.29 is 28.5 Å². The highest BCUT2D eigenvalue weighted by atomic mass is 32.2. The Hall–Kier alpha value is -2.44. The Kier molecular flexibility index (Phi) is 6.14. The van der Waals surface area contributed by atoms with E-state index in [4.69, 9.17) is 24.7 Å². The summed E-state index contributed by atoms with van der Waals surface area (Å²) >= 11 is 1.24. The maximum atomic E-state index is 13.0. The standard InChI is InChI=1S/C21H29N5O6S/c1-29-14-13-23-17(24-8-11-30-12-9-24)16-15(14)26(18(22)27)20(33-16)32-19(28)25-6-4-21(5-7-25)3-2-10-31-21/h13,20H,2-12H2,1H3,(H2,22,27). The largest absolute Gasteiger partial charge is 0.493 e. The first-order chi connectivity index (χ1) is 16.0. The van der Waals surface area contributed by atoms with Crippen LogP contribution in [0.2, 0.25) is 0 Å². The van der Waals surface area contributed by atoms with E-state index in [0.717, 1.165) is 32.3 Å². The van der Waals surface area contributed by atoms with Crippen molar-refractivity contribution in [2.24, 2.45) is 5.73 Å². The number of thioether (sulfide) groups is 1. The van der Waals surface area contributed by atoms with Gasteiger partial charge in [-0.25, -0.2) is 19.5 Å². The Morgan fingerprint density at radius 2 is 1.94 bits per heavy atom. The molecule has 1 aromatic heterocycles. The van der Waals surface area contributed by atoms with E-state index in [-0.39, 0.29) is 5.60 Å². The molecule has 4 aliphatic heterocycles. The van der Waals surface area contributed by atoms with Gasteiger partial charge in [0.05, 0.1) is 37.0 Å². The van der Waals surface area contributed by atoms with Gasteiger partial charge >= 0.3 is 12.1 Å². The number of ether oxygens (including phenoxy) is 4. The fourth-order valence-corrected chi connectivity index (χ4v) is 6.15. The number of fused-ring (bicyclic) bond motifs is 1. The highest BCUT2D eigenvalue weighted by Crippen LogP contribution is 2.52. The van der Waals surface area contributed by atoms with Gasteiger partial charge in [0.25, 0.3) is 0 Å². The predicted molar refractivity (Wildman–Crippen MR) is 121 cm³/mol. The summed E-state index contributed by atoms with van der Waals surface area (Å²) in [5.41, 5.74) is 5.16. The maximum absolute atomic E-state index is 13.0. The van der Waals surface area contributed by atoms with Crippen LogP contribution in [0.25, 0.3) is 0 Å². The molecule has 0 saturated carbocycles. The number of nitrogens with two attached hydrogens (primary N) is 1. The van der Waals surface area contributed by atoms with E-state index < -0.39 is 17.7 Å². The van der Waals surface area contributed by atoms with Crippen molar-refractivity contribution in [2.45, 2.75) is 41.7 Å². The zero-order valence-electron chi connectivity index (χ0n) is 18.7. The van der Waals surface area contributed by atoms with Gasteiger partial charge in [0.2, 0.25) is 5.56 Å². The van der Waals surface area contributed by atoms with Gasteiger partial charge in [0.1, 0.15) is 11.5 Å². The number of nitrogens with zero attached hydrogens (tertiary/aromatic N) is 4. The zero-order valence-corrected chi connectivity index (χ0v) is 19.5. The molecule has 12 heteroatoms. The molecule has 1 spiro atoms. The molecular formula is C21H29N5O6S. The van der Waals surface area contributed by atoms with Gasteiger partial charge in [0.15, 0.2) is 5.75 Å². The van der Waals surface area contributed by atoms with E-state index in [1.165, 1.54) is 23.8 Å². The average molecular weight is 480 g/mol. The number of hydrogen-bond acceptors (Lipinski definition) is 9. The molecule has 5 rings (SSSR count). The number of aromatic nitrogens is 1. The Morgan fingerprint density at radius 3 is 2.58 bits per heavy atom. The Morgan fingerprint density at radius 1 is 1.18 bits per heavy atom. The van der Waals surface area contributed by atoms with Crippen LogP contribution in [0.3, 0.4) is 0 Å². The number of anilines is 2. The van der Waals surface area contributed by atoms with Crippen molar-refractivity contribution in [2.75, 3.05) is 62.9 Å². The van der Waals surface area contributed by atoms with E-state index in [9.17, 15) is 9.59 Å². The molecular weight excluding hydrogens is 450 g/mol. The van der Waals surface area contributed by atoms with Crippen molar-refractivity contribution in [1.82, 2.24) is 9.88 Å². The zero-order chi connectivity index (χ0) is 23.0. The van der Waals surface area contributed by atoms with Crippen molar-refractivity contribution >= 4 is 35.4 Å². The predicted octanol–water partition coefficient (Wildman–Crippen LogP) is 1.98. The summed E-state index contributed by atoms with van der Waals surface area (Å²) in [7, 11) is 1.50. The topological polar surface area (TPSA) is 120 Å². The van der Waals surface area contributed by atoms with E-state index in [1.54, 1.807) is 11.1 Å². The van der Waals surface area contributed by atoms with Crippen LogP contribution >= 0.6 is 11.8 Å². The molecule has 33 heavy (non-hydrogen) atoms. The minimum absolute atomic E-state index is 0.0967. The molecule has 1 aromatic rings. The molecule has 3 amide bonds. The van der Waals surface area contributed by atoms with Crippen LogP contribution in [-0.2, 0) is 14.2 Å². The summed E-state index contributed by atoms with van der Waals surface area (Å²) in [5, 5.41) is 0. The molecule has 1 unspecified atom stereocenters. The van der Waals surface area contributed by atoms with Crippen LogP contribution in [0.1, 0.15) is 25.7 Å². The monoisotopic (exact) mass is 479 g/mol. The average Bonchev–Trinajstić information content (AvgIpc) is 3.44. The third-order valence-electron chi connectivity index (χ3n) is 6.71. The first-order valence-electron chi connectivity index (χ1n) is 11.3. The number of piperidine rings is 1. The summed E-state index contributed by atoms with van der Waals surface area (Å²) < 4.78 is 22.7. The number of morpholine rings is 1. The molecule has 2 N–H and O–H groups in total. The number of urea groups is 1. The summed E-state index contributed by atoms with van der Waals surface area (Å²) in [4.78, 5) is 35.8. The van der Waals surface area contributed by atoms with Gasteiger partial charge in [-0.05, 0) is 25.7 Å². The number of primary amides is 1. The number of pyridine rings is 1. The number of likely N-dealkylation sites (tertiary alicyclic amines) is 1. The van der Waals surface area contributed by atoms with Gasteiger partial charge in [0, 0.05) is 32.8 Å². The summed E-state index contributed by atoms with van der Waals surface area (Å²) in [6.07, 6.45) is 4.78. The molecule has 3 fully saturated rings. The second-order valence-electron chi connectivity index (χ2n) is 8.57. The minimum atomic E-state index is -0.943. The third kappa shape index (κ3) is 4.15. The fraction of sp³-hybridized carbons (Fsp3) is 0.667. The van der Waals surface area contributed by atoms with Gasteiger partial charge in [-0.2, -0.15) is 0 Å². The molecule has 0 aromatic carbocycles. The Bertz CT molecular complexity index is 911. The van der Waals surface area contributed by atoms with Gasteiger partial charge in [-0.1, -0.05) is 11.8 Å². The van der Waals surface area contributed by atoms with Crippen LogP contribution in [0.15, 0.2) is 11.1 Å². The lowest BCUT2D eigenvalue weighted by molar-refractivity contribution is -0.0420. The first kappa shape index (κ1) is 22.4. The second kappa shape index (κ2) is 9.07. The molecule has 1 atom stereocenters. The van der Waals surface area contributed by atoms with Gasteiger partial charge < -0.3 is 34.5 Å². The quantitative estimate of drug-likeness (QED) is 0.694. The molecule has 0 radical (unpaired) electrons. The number of methoxy groups -OCH3 is 1. The number of rotatable bonds is 3. The lowest BCUT2D eigenvalue weighted by Gasteiger charge is -2.38. The smallest absolute Gasteiger partial charge is 0.412 e. The fourth-order valence-electron chi connectivity index (χ4n) is 4.90. The van der Waals surface area contributed by atoms with Crippen LogP contribution in [0.5, 0.6) is 5.75 Å². The van der Waals surface area contributed by atoms with Crippen molar-refractivity contribution in [1.29, 1.82) is 0 Å². The lowest BCUT2D eigenvalue weighted by Crippen LogP contribution is -2.49. The summed E-state index contributed by atoms with van der Waals surface area (Å²) in [6.45, 7) is 4.43. The molecule has 0 aliphatic carbocycles. The lowest BCUT2D eigenvalue weighted by atomic mass is 9.89. The van der Waals surface area contributed by atoms with Crippen molar-refractivity contribution in [3.63, 3.8) is 0 Å². The van der Waals surface area contributed by atoms with E-state index in [1.807, 2.05) is 0 Å². The highest BCUT2D eigenvalue weighted by Gasteiger charge is 2.44. The summed E-state index contributed by atoms with van der Waals surface area (Å²) in [5.74, 6) is 1.09. The van der Waals surface area contributed by atoms with E-state index in [0.29, 0.717) is 61.5 Å². The SMILES string of the molecule is COc1cnc(N2CCOCC2)c2c1N(C(N)=O)C(OC(=O)N1CCC3(CCCO3)CC1)S2. The molecule has 180 valence electrons. The van der Waals surface area contributed by atoms with E-state index >= 15 is 0 Å². The van der Waals surface area contributed by atoms with Crippen LogP contribution in [-0.4, -0.2) is 86.3 Å². The molecule has 3 saturated heterocycles. The normalized spacial score (nSPS) is 24.2. The number of carbonyl (C=O) groups is 2. The number of hydrogen-bond donors (Lipinski definition) is 1. The third-order valence-corrected chi connectivity index (χ3v) is 7.83. The molecule has 0 bridgehead atoms. The van der Waals surface area contributed by atoms with Crippen LogP contribution < -0.4 is 20.3 Å². The molecule has 4 aliphatic rings. The van der Waals surface area contributed by atoms with Crippen molar-refractivity contribution in [3.05, 3.63) is 6.20 Å². The minimum Gasteiger partial charge on any atom is -0.493 e.